The van der Waals surface area contributed by atoms with Crippen molar-refractivity contribution in [1.29, 1.82) is 0 Å². The zero-order valence-electron chi connectivity index (χ0n) is 19.6. The molecule has 0 bridgehead atoms. The number of ether oxygens (including phenoxy) is 1. The van der Waals surface area contributed by atoms with Gasteiger partial charge in [-0.2, -0.15) is 4.98 Å². The van der Waals surface area contributed by atoms with E-state index >= 15 is 0 Å². The molecule has 3 aromatic rings. The summed E-state index contributed by atoms with van der Waals surface area (Å²) >= 11 is 5.77. The molecule has 2 aromatic carbocycles. The second kappa shape index (κ2) is 10.2. The molecule has 0 aliphatic carbocycles. The number of benzene rings is 2. The number of methoxy groups -OCH3 is 1. The number of rotatable bonds is 8. The Hall–Kier alpha value is -3.19. The van der Waals surface area contributed by atoms with Crippen LogP contribution in [-0.4, -0.2) is 33.8 Å². The van der Waals surface area contributed by atoms with Crippen molar-refractivity contribution in [2.75, 3.05) is 13.7 Å². The van der Waals surface area contributed by atoms with Crippen LogP contribution in [0, 0.1) is 6.92 Å². The first kappa shape index (κ1) is 23.0. The molecular weight excluding hydrogens is 432 g/mol. The van der Waals surface area contributed by atoms with Gasteiger partial charge >= 0.3 is 0 Å². The predicted molar refractivity (Wildman–Crippen MR) is 135 cm³/mol. The van der Waals surface area contributed by atoms with Crippen molar-refractivity contribution in [3.8, 4) is 17.1 Å². The lowest BCUT2D eigenvalue weighted by Gasteiger charge is -2.37. The summed E-state index contributed by atoms with van der Waals surface area (Å²) in [7, 11) is 1.64. The first-order valence-corrected chi connectivity index (χ1v) is 11.8. The van der Waals surface area contributed by atoms with E-state index in [1.807, 2.05) is 24.3 Å². The topological polar surface area (TPSA) is 63.4 Å². The summed E-state index contributed by atoms with van der Waals surface area (Å²) in [6.07, 6.45) is 3.38. The molecule has 1 atom stereocenters. The number of hydrogen-bond acceptors (Lipinski definition) is 5. The molecule has 7 heteroatoms. The molecule has 0 spiro atoms. The Balaban J connectivity index is 1.76. The van der Waals surface area contributed by atoms with Gasteiger partial charge in [0.25, 0.3) is 5.89 Å². The number of nitrogens with zero attached hydrogens (tertiary/aromatic N) is 3. The van der Waals surface area contributed by atoms with E-state index in [2.05, 4.69) is 60.4 Å². The molecule has 0 amide bonds. The molecule has 0 radical (unpaired) electrons. The van der Waals surface area contributed by atoms with Crippen LogP contribution in [-0.2, 0) is 0 Å². The maximum absolute atomic E-state index is 5.82. The molecule has 4 rings (SSSR count). The van der Waals surface area contributed by atoms with Crippen molar-refractivity contribution in [2.45, 2.75) is 46.1 Å². The third kappa shape index (κ3) is 4.93. The van der Waals surface area contributed by atoms with Crippen LogP contribution in [0.4, 0.5) is 0 Å². The van der Waals surface area contributed by atoms with Gasteiger partial charge in [-0.15, -0.1) is 0 Å². The van der Waals surface area contributed by atoms with Crippen LogP contribution in [0.5, 0.6) is 5.75 Å². The molecule has 172 valence electrons. The molecule has 1 unspecified atom stereocenters. The van der Waals surface area contributed by atoms with Gasteiger partial charge in [-0.3, -0.25) is 0 Å². The van der Waals surface area contributed by atoms with Crippen LogP contribution in [0.2, 0.25) is 0 Å². The van der Waals surface area contributed by atoms with E-state index in [1.54, 1.807) is 7.11 Å². The van der Waals surface area contributed by atoms with Gasteiger partial charge in [-0.25, -0.2) is 0 Å². The Bertz CT molecular complexity index is 1150. The van der Waals surface area contributed by atoms with Crippen molar-refractivity contribution >= 4 is 22.9 Å². The van der Waals surface area contributed by atoms with Crippen molar-refractivity contribution in [1.82, 2.24) is 20.4 Å². The van der Waals surface area contributed by atoms with Crippen molar-refractivity contribution in [2.24, 2.45) is 0 Å². The molecule has 1 aromatic heterocycles. The van der Waals surface area contributed by atoms with Gasteiger partial charge in [0.2, 0.25) is 5.82 Å². The number of thiocarbonyl (C=S) groups is 1. The number of aryl methyl sites for hydroxylation is 1. The lowest BCUT2D eigenvalue weighted by Crippen LogP contribution is -2.46. The molecule has 1 aliphatic heterocycles. The highest BCUT2D eigenvalue weighted by molar-refractivity contribution is 7.80. The molecule has 33 heavy (non-hydrogen) atoms. The smallest absolute Gasteiger partial charge is 0.258 e. The number of unbranched alkanes of at least 4 members (excludes halogenated alkanes) is 2. The van der Waals surface area contributed by atoms with E-state index in [9.17, 15) is 0 Å². The third-order valence-electron chi connectivity index (χ3n) is 5.98. The molecule has 1 N–H and O–H groups in total. The largest absolute Gasteiger partial charge is 0.497 e. The minimum Gasteiger partial charge on any atom is -0.497 e. The van der Waals surface area contributed by atoms with Gasteiger partial charge in [-0.05, 0) is 50.2 Å². The molecule has 0 saturated heterocycles. The Morgan fingerprint density at radius 2 is 1.91 bits per heavy atom. The number of nitrogens with one attached hydrogen (secondary N) is 1. The zero-order chi connectivity index (χ0) is 23.4. The minimum absolute atomic E-state index is 0.167. The Morgan fingerprint density at radius 1 is 1.12 bits per heavy atom. The first-order chi connectivity index (χ1) is 16.0. The highest BCUT2D eigenvalue weighted by Gasteiger charge is 2.33. The average molecular weight is 463 g/mol. The predicted octanol–water partition coefficient (Wildman–Crippen LogP) is 5.91. The van der Waals surface area contributed by atoms with E-state index in [0.29, 0.717) is 11.7 Å². The van der Waals surface area contributed by atoms with Crippen molar-refractivity contribution in [3.05, 3.63) is 71.2 Å². The summed E-state index contributed by atoms with van der Waals surface area (Å²) in [4.78, 5) is 6.93. The fourth-order valence-electron chi connectivity index (χ4n) is 4.07. The zero-order valence-corrected chi connectivity index (χ0v) is 20.4. The van der Waals surface area contributed by atoms with Crippen LogP contribution < -0.4 is 10.1 Å². The van der Waals surface area contributed by atoms with Crippen LogP contribution in [0.3, 0.4) is 0 Å². The lowest BCUT2D eigenvalue weighted by atomic mass is 9.94. The van der Waals surface area contributed by atoms with Crippen LogP contribution in [0.25, 0.3) is 17.0 Å². The van der Waals surface area contributed by atoms with E-state index in [1.165, 1.54) is 5.56 Å². The Kier molecular flexibility index (Phi) is 7.08. The highest BCUT2D eigenvalue weighted by atomic mass is 32.1. The number of allylic oxidation sites excluding steroid dienone is 1. The second-order valence-corrected chi connectivity index (χ2v) is 8.69. The fraction of sp³-hybridized carbons (Fsp3) is 0.346. The number of hydrogen-bond donors (Lipinski definition) is 1. The first-order valence-electron chi connectivity index (χ1n) is 11.4. The summed E-state index contributed by atoms with van der Waals surface area (Å²) in [6.45, 7) is 7.23. The molecular formula is C26H30N4O2S. The maximum Gasteiger partial charge on any atom is 0.258 e. The van der Waals surface area contributed by atoms with E-state index < -0.39 is 0 Å². The maximum atomic E-state index is 5.82. The van der Waals surface area contributed by atoms with Gasteiger partial charge in [0.15, 0.2) is 5.11 Å². The van der Waals surface area contributed by atoms with Crippen LogP contribution in [0.1, 0.15) is 56.2 Å². The highest BCUT2D eigenvalue weighted by Crippen LogP contribution is 2.37. The summed E-state index contributed by atoms with van der Waals surface area (Å²) in [6, 6.07) is 15.9. The summed E-state index contributed by atoms with van der Waals surface area (Å²) in [5.41, 5.74) is 5.14. The average Bonchev–Trinajstić information content (AvgIpc) is 3.31. The Morgan fingerprint density at radius 3 is 2.64 bits per heavy atom. The summed E-state index contributed by atoms with van der Waals surface area (Å²) < 4.78 is 11.2. The van der Waals surface area contributed by atoms with Crippen molar-refractivity contribution < 1.29 is 9.26 Å². The van der Waals surface area contributed by atoms with Crippen molar-refractivity contribution in [3.63, 3.8) is 0 Å². The molecule has 1 aliphatic rings. The molecule has 2 heterocycles. The molecule has 0 fully saturated rings. The van der Waals surface area contributed by atoms with E-state index in [0.717, 1.165) is 59.1 Å². The van der Waals surface area contributed by atoms with Gasteiger partial charge in [0.1, 0.15) is 5.75 Å². The lowest BCUT2D eigenvalue weighted by molar-refractivity contribution is 0.395. The molecule has 6 nitrogen and oxygen atoms in total. The minimum atomic E-state index is -0.167. The van der Waals surface area contributed by atoms with Gasteiger partial charge in [0, 0.05) is 17.8 Å². The quantitative estimate of drug-likeness (QED) is 0.330. The standard InChI is InChI=1S/C26H30N4O2S/c1-5-6-7-15-30-18(3)22(23(27-26(30)33)19-13-11-17(2)12-14-19)25-28-24(29-32-25)20-9-8-10-21(16-20)31-4/h8-14,16,23H,5-7,15H2,1-4H3,(H,27,33). The van der Waals surface area contributed by atoms with E-state index in [4.69, 9.17) is 26.5 Å². The van der Waals surface area contributed by atoms with Gasteiger partial charge in [0.05, 0.1) is 18.7 Å². The normalized spacial score (nSPS) is 16.2. The second-order valence-electron chi connectivity index (χ2n) is 8.31. The SMILES string of the molecule is CCCCCN1C(=S)NC(c2ccc(C)cc2)C(c2nc(-c3cccc(OC)c3)no2)=C1C. The Labute approximate surface area is 200 Å². The van der Waals surface area contributed by atoms with Gasteiger partial charge < -0.3 is 19.5 Å². The monoisotopic (exact) mass is 462 g/mol. The van der Waals surface area contributed by atoms with Crippen LogP contribution in [0.15, 0.2) is 58.8 Å². The fourth-order valence-corrected chi connectivity index (χ4v) is 4.41. The summed E-state index contributed by atoms with van der Waals surface area (Å²) in [5.74, 6) is 1.77. The molecule has 0 saturated carbocycles. The van der Waals surface area contributed by atoms with Crippen LogP contribution >= 0.6 is 12.2 Å². The van der Waals surface area contributed by atoms with Gasteiger partial charge in [-0.1, -0.05) is 66.9 Å². The van der Waals surface area contributed by atoms with E-state index in [-0.39, 0.29) is 6.04 Å². The third-order valence-corrected chi connectivity index (χ3v) is 6.31. The number of aromatic nitrogens is 2. The summed E-state index contributed by atoms with van der Waals surface area (Å²) in [5, 5.41) is 8.53.